The molecular weight excluding hydrogens is 336 g/mol. The lowest BCUT2D eigenvalue weighted by Gasteiger charge is -2.11. The Labute approximate surface area is 155 Å². The molecule has 5 heteroatoms. The van der Waals surface area contributed by atoms with Gasteiger partial charge in [0.25, 0.3) is 5.91 Å². The van der Waals surface area contributed by atoms with E-state index in [9.17, 15) is 4.79 Å². The SMILES string of the molecule is O=C(Nc1ccccc1-n1cccn1)c1cccc2c1[nH]c1ccccc12. The number of carbonyl (C=O) groups is 1. The Kier molecular flexibility index (Phi) is 3.50. The van der Waals surface area contributed by atoms with Gasteiger partial charge in [-0.2, -0.15) is 5.10 Å². The van der Waals surface area contributed by atoms with Gasteiger partial charge in [-0.15, -0.1) is 0 Å². The molecule has 2 heterocycles. The number of rotatable bonds is 3. The number of hydrogen-bond donors (Lipinski definition) is 2. The van der Waals surface area contributed by atoms with Crippen LogP contribution in [0, 0.1) is 0 Å². The topological polar surface area (TPSA) is 62.7 Å². The van der Waals surface area contributed by atoms with Gasteiger partial charge in [0.15, 0.2) is 0 Å². The molecular formula is C22H16N4O. The monoisotopic (exact) mass is 352 g/mol. The summed E-state index contributed by atoms with van der Waals surface area (Å²) in [6, 6.07) is 23.3. The maximum absolute atomic E-state index is 13.1. The quantitative estimate of drug-likeness (QED) is 0.492. The van der Waals surface area contributed by atoms with Crippen molar-refractivity contribution >= 4 is 33.4 Å². The van der Waals surface area contributed by atoms with Crippen LogP contribution in [-0.4, -0.2) is 20.7 Å². The molecule has 0 bridgehead atoms. The number of carbonyl (C=O) groups excluding carboxylic acids is 1. The molecule has 0 aliphatic rings. The van der Waals surface area contributed by atoms with E-state index in [0.717, 1.165) is 27.5 Å². The third kappa shape index (κ3) is 2.57. The molecule has 5 aromatic rings. The first-order chi connectivity index (χ1) is 13.3. The summed E-state index contributed by atoms with van der Waals surface area (Å²) < 4.78 is 1.74. The molecule has 0 radical (unpaired) electrons. The fraction of sp³-hybridized carbons (Fsp3) is 0. The van der Waals surface area contributed by atoms with E-state index in [4.69, 9.17) is 0 Å². The number of amides is 1. The average Bonchev–Trinajstić information content (AvgIpc) is 3.36. The number of nitrogens with zero attached hydrogens (tertiary/aromatic N) is 2. The highest BCUT2D eigenvalue weighted by Crippen LogP contribution is 2.28. The summed E-state index contributed by atoms with van der Waals surface area (Å²) in [7, 11) is 0. The van der Waals surface area contributed by atoms with Gasteiger partial charge in [-0.25, -0.2) is 4.68 Å². The normalized spacial score (nSPS) is 11.1. The Morgan fingerprint density at radius 1 is 0.889 bits per heavy atom. The Hall–Kier alpha value is -3.86. The van der Waals surface area contributed by atoms with Crippen molar-refractivity contribution in [3.05, 3.63) is 90.8 Å². The van der Waals surface area contributed by atoms with Gasteiger partial charge >= 0.3 is 0 Å². The van der Waals surface area contributed by atoms with E-state index in [-0.39, 0.29) is 5.91 Å². The van der Waals surface area contributed by atoms with E-state index in [1.54, 1.807) is 10.9 Å². The van der Waals surface area contributed by atoms with Crippen LogP contribution in [0.3, 0.4) is 0 Å². The maximum Gasteiger partial charge on any atom is 0.257 e. The molecule has 0 atom stereocenters. The van der Waals surface area contributed by atoms with Crippen LogP contribution in [-0.2, 0) is 0 Å². The summed E-state index contributed by atoms with van der Waals surface area (Å²) in [5.74, 6) is -0.160. The first kappa shape index (κ1) is 15.4. The van der Waals surface area contributed by atoms with E-state index in [2.05, 4.69) is 21.5 Å². The number of aromatic nitrogens is 3. The zero-order valence-electron chi connectivity index (χ0n) is 14.4. The van der Waals surface area contributed by atoms with E-state index in [0.29, 0.717) is 11.3 Å². The van der Waals surface area contributed by atoms with Crippen LogP contribution in [0.15, 0.2) is 85.2 Å². The van der Waals surface area contributed by atoms with E-state index in [1.165, 1.54) is 0 Å². The summed E-state index contributed by atoms with van der Waals surface area (Å²) >= 11 is 0. The fourth-order valence-corrected chi connectivity index (χ4v) is 3.44. The van der Waals surface area contributed by atoms with Crippen molar-refractivity contribution in [2.75, 3.05) is 5.32 Å². The Morgan fingerprint density at radius 2 is 1.70 bits per heavy atom. The fourth-order valence-electron chi connectivity index (χ4n) is 3.44. The summed E-state index contributed by atoms with van der Waals surface area (Å²) in [5.41, 5.74) is 4.00. The summed E-state index contributed by atoms with van der Waals surface area (Å²) in [5, 5.41) is 9.45. The standard InChI is InChI=1S/C22H16N4O/c27-22(25-19-11-3-4-12-20(19)26-14-6-13-23-26)17-9-5-8-16-15-7-1-2-10-18(15)24-21(16)17/h1-14,24H,(H,25,27). The van der Waals surface area contributed by atoms with Crippen LogP contribution < -0.4 is 5.32 Å². The smallest absolute Gasteiger partial charge is 0.257 e. The first-order valence-electron chi connectivity index (χ1n) is 8.71. The Morgan fingerprint density at radius 3 is 2.59 bits per heavy atom. The molecule has 0 aliphatic carbocycles. The van der Waals surface area contributed by atoms with Gasteiger partial charge in [0, 0.05) is 28.7 Å². The minimum absolute atomic E-state index is 0.160. The van der Waals surface area contributed by atoms with Crippen LogP contribution in [0.4, 0.5) is 5.69 Å². The molecule has 0 saturated heterocycles. The van der Waals surface area contributed by atoms with E-state index in [1.807, 2.05) is 72.9 Å². The predicted octanol–water partition coefficient (Wildman–Crippen LogP) is 4.76. The molecule has 1 amide bonds. The second-order valence-electron chi connectivity index (χ2n) is 6.32. The lowest BCUT2D eigenvalue weighted by molar-refractivity contribution is 0.102. The van der Waals surface area contributed by atoms with Crippen LogP contribution in [0.2, 0.25) is 0 Å². The van der Waals surface area contributed by atoms with Gasteiger partial charge in [0.1, 0.15) is 0 Å². The maximum atomic E-state index is 13.1. The van der Waals surface area contributed by atoms with E-state index >= 15 is 0 Å². The second-order valence-corrected chi connectivity index (χ2v) is 6.32. The van der Waals surface area contributed by atoms with Crippen molar-refractivity contribution < 1.29 is 4.79 Å². The molecule has 2 aromatic heterocycles. The predicted molar refractivity (Wildman–Crippen MR) is 107 cm³/mol. The number of nitrogens with one attached hydrogen (secondary N) is 2. The lowest BCUT2D eigenvalue weighted by Crippen LogP contribution is -2.14. The van der Waals surface area contributed by atoms with Gasteiger partial charge in [-0.1, -0.05) is 42.5 Å². The molecule has 27 heavy (non-hydrogen) atoms. The first-order valence-corrected chi connectivity index (χ1v) is 8.71. The molecule has 0 spiro atoms. The van der Waals surface area contributed by atoms with Crippen LogP contribution in [0.1, 0.15) is 10.4 Å². The number of fused-ring (bicyclic) bond motifs is 3. The number of anilines is 1. The molecule has 0 aliphatic heterocycles. The highest BCUT2D eigenvalue weighted by molar-refractivity contribution is 6.18. The van der Waals surface area contributed by atoms with Gasteiger partial charge < -0.3 is 10.3 Å². The second kappa shape index (κ2) is 6.14. The highest BCUT2D eigenvalue weighted by Gasteiger charge is 2.15. The van der Waals surface area contributed by atoms with Gasteiger partial charge in [-0.05, 0) is 30.3 Å². The van der Waals surface area contributed by atoms with Gasteiger partial charge in [-0.3, -0.25) is 4.79 Å². The summed E-state index contributed by atoms with van der Waals surface area (Å²) in [4.78, 5) is 16.4. The third-order valence-electron chi connectivity index (χ3n) is 4.69. The summed E-state index contributed by atoms with van der Waals surface area (Å²) in [6.07, 6.45) is 3.56. The van der Waals surface area contributed by atoms with Crippen molar-refractivity contribution in [1.29, 1.82) is 0 Å². The highest BCUT2D eigenvalue weighted by atomic mass is 16.1. The molecule has 5 rings (SSSR count). The molecule has 0 fully saturated rings. The molecule has 3 aromatic carbocycles. The van der Waals surface area contributed by atoms with Gasteiger partial charge in [0.05, 0.1) is 22.5 Å². The van der Waals surface area contributed by atoms with Crippen LogP contribution >= 0.6 is 0 Å². The zero-order valence-corrected chi connectivity index (χ0v) is 14.4. The average molecular weight is 352 g/mol. The van der Waals surface area contributed by atoms with E-state index < -0.39 is 0 Å². The minimum atomic E-state index is -0.160. The van der Waals surface area contributed by atoms with Crippen molar-refractivity contribution in [2.45, 2.75) is 0 Å². The molecule has 2 N–H and O–H groups in total. The number of para-hydroxylation sites is 4. The minimum Gasteiger partial charge on any atom is -0.354 e. The van der Waals surface area contributed by atoms with Crippen LogP contribution in [0.5, 0.6) is 0 Å². The number of aromatic amines is 1. The number of benzene rings is 3. The lowest BCUT2D eigenvalue weighted by atomic mass is 10.1. The zero-order chi connectivity index (χ0) is 18.2. The van der Waals surface area contributed by atoms with Crippen molar-refractivity contribution in [1.82, 2.24) is 14.8 Å². The molecule has 5 nitrogen and oxygen atoms in total. The molecule has 0 unspecified atom stereocenters. The number of hydrogen-bond acceptors (Lipinski definition) is 2. The van der Waals surface area contributed by atoms with Crippen molar-refractivity contribution in [3.63, 3.8) is 0 Å². The number of H-pyrrole nitrogens is 1. The Balaban J connectivity index is 1.58. The third-order valence-corrected chi connectivity index (χ3v) is 4.69. The molecule has 0 saturated carbocycles. The van der Waals surface area contributed by atoms with Crippen LogP contribution in [0.25, 0.3) is 27.5 Å². The summed E-state index contributed by atoms with van der Waals surface area (Å²) in [6.45, 7) is 0. The largest absolute Gasteiger partial charge is 0.354 e. The Bertz CT molecular complexity index is 1270. The molecule has 130 valence electrons. The van der Waals surface area contributed by atoms with Crippen molar-refractivity contribution in [2.24, 2.45) is 0 Å². The van der Waals surface area contributed by atoms with Crippen molar-refractivity contribution in [3.8, 4) is 5.69 Å². The van der Waals surface area contributed by atoms with Gasteiger partial charge in [0.2, 0.25) is 0 Å².